The summed E-state index contributed by atoms with van der Waals surface area (Å²) in [5.41, 5.74) is 7.73. The van der Waals surface area contributed by atoms with Gasteiger partial charge in [-0.05, 0) is 91.9 Å². The Hall–Kier alpha value is -6.58. The Morgan fingerprint density at radius 3 is 1.72 bits per heavy atom. The van der Waals surface area contributed by atoms with Gasteiger partial charge in [-0.2, -0.15) is 0 Å². The highest BCUT2D eigenvalue weighted by Crippen LogP contribution is 2.44. The number of nitrogens with zero attached hydrogens (tertiary/aromatic N) is 4. The van der Waals surface area contributed by atoms with Gasteiger partial charge in [0, 0.05) is 77.8 Å². The van der Waals surface area contributed by atoms with Gasteiger partial charge >= 0.3 is 0 Å². The molecule has 0 spiro atoms. The number of carbonyl (C=O) groups excluding carboxylic acids is 4. The third-order valence-electron chi connectivity index (χ3n) is 12.0. The molecule has 5 aromatic rings. The van der Waals surface area contributed by atoms with Crippen LogP contribution in [0.3, 0.4) is 0 Å². The Bertz CT molecular complexity index is 2680. The molecule has 4 aliphatic heterocycles. The van der Waals surface area contributed by atoms with Gasteiger partial charge in [-0.15, -0.1) is 0 Å². The SMILES string of the molecule is COc1cc2c(cc1OCc1cc(COc3cc4c(cc3OC)C(=O)N3c5ccccc5C[C@H]3C=N4)cc(NC(=O)CC(C)(C)SSCCCC(C)=O)c1)N=C[C@@H]1Cc3ccccc3N1C2=O. The van der Waals surface area contributed by atoms with Gasteiger partial charge in [0.1, 0.15) is 19.0 Å². The van der Waals surface area contributed by atoms with Crippen molar-refractivity contribution in [2.75, 3.05) is 35.1 Å². The Labute approximate surface area is 397 Å². The number of ketones is 1. The average molecular weight is 938 g/mol. The highest BCUT2D eigenvalue weighted by atomic mass is 33.1. The molecule has 0 radical (unpaired) electrons. The van der Waals surface area contributed by atoms with E-state index in [4.69, 9.17) is 28.9 Å². The summed E-state index contributed by atoms with van der Waals surface area (Å²) < 4.78 is 24.1. The lowest BCUT2D eigenvalue weighted by Crippen LogP contribution is -2.37. The molecule has 0 aromatic heterocycles. The second kappa shape index (κ2) is 19.3. The summed E-state index contributed by atoms with van der Waals surface area (Å²) in [6.45, 7) is 5.80. The molecule has 9 rings (SSSR count). The predicted molar refractivity (Wildman–Crippen MR) is 266 cm³/mol. The number of benzene rings is 5. The van der Waals surface area contributed by atoms with Crippen molar-refractivity contribution in [3.8, 4) is 23.0 Å². The summed E-state index contributed by atoms with van der Waals surface area (Å²) in [4.78, 5) is 66.2. The van der Waals surface area contributed by atoms with Crippen LogP contribution in [0.1, 0.15) is 83.0 Å². The van der Waals surface area contributed by atoms with Gasteiger partial charge in [0.25, 0.3) is 11.8 Å². The molecule has 4 heterocycles. The summed E-state index contributed by atoms with van der Waals surface area (Å²) in [6.07, 6.45) is 6.57. The van der Waals surface area contributed by atoms with Gasteiger partial charge in [0.2, 0.25) is 5.91 Å². The highest BCUT2D eigenvalue weighted by molar-refractivity contribution is 8.77. The smallest absolute Gasteiger partial charge is 0.261 e. The topological polar surface area (TPSA) is 148 Å². The van der Waals surface area contributed by atoms with E-state index in [0.29, 0.717) is 70.4 Å². The molecule has 0 saturated carbocycles. The Morgan fingerprint density at radius 1 is 0.716 bits per heavy atom. The number of amides is 3. The van der Waals surface area contributed by atoms with Gasteiger partial charge in [-0.3, -0.25) is 34.2 Å². The van der Waals surface area contributed by atoms with Gasteiger partial charge in [0.15, 0.2) is 23.0 Å². The van der Waals surface area contributed by atoms with Crippen molar-refractivity contribution in [2.45, 2.75) is 82.9 Å². The minimum Gasteiger partial charge on any atom is -0.493 e. The molecular formula is C52H51N5O8S2. The number of hydrogen-bond acceptors (Lipinski definition) is 12. The quantitative estimate of drug-likeness (QED) is 0.0705. The van der Waals surface area contributed by atoms with Crippen molar-refractivity contribution in [2.24, 2.45) is 9.98 Å². The van der Waals surface area contributed by atoms with Crippen molar-refractivity contribution in [1.29, 1.82) is 0 Å². The predicted octanol–water partition coefficient (Wildman–Crippen LogP) is 10.3. The van der Waals surface area contributed by atoms with E-state index in [0.717, 1.165) is 45.8 Å². The molecular weight excluding hydrogens is 887 g/mol. The van der Waals surface area contributed by atoms with Crippen LogP contribution in [-0.4, -0.2) is 72.7 Å². The molecule has 5 aromatic carbocycles. The second-order valence-electron chi connectivity index (χ2n) is 17.6. The first kappa shape index (κ1) is 45.6. The van der Waals surface area contributed by atoms with E-state index in [1.165, 1.54) is 14.2 Å². The first-order chi connectivity index (χ1) is 32.4. The maximum Gasteiger partial charge on any atom is 0.261 e. The lowest BCUT2D eigenvalue weighted by Gasteiger charge is -2.23. The van der Waals surface area contributed by atoms with Crippen LogP contribution in [0.4, 0.5) is 28.4 Å². The number of Topliss-reactive ketones (excluding diaryl/α,β-unsaturated/α-hetero) is 1. The maximum atomic E-state index is 14.0. The number of fused-ring (bicyclic) bond motifs is 8. The van der Waals surface area contributed by atoms with E-state index in [1.807, 2.05) is 93.0 Å². The third kappa shape index (κ3) is 9.80. The average Bonchev–Trinajstić information content (AvgIpc) is 3.80. The van der Waals surface area contributed by atoms with E-state index in [9.17, 15) is 19.2 Å². The van der Waals surface area contributed by atoms with Crippen molar-refractivity contribution in [3.63, 3.8) is 0 Å². The van der Waals surface area contributed by atoms with Crippen molar-refractivity contribution >= 4 is 86.0 Å². The van der Waals surface area contributed by atoms with Crippen LogP contribution in [-0.2, 0) is 35.6 Å². The van der Waals surface area contributed by atoms with Gasteiger partial charge in [0.05, 0.1) is 48.8 Å². The number of ether oxygens (including phenoxy) is 4. The zero-order valence-electron chi connectivity index (χ0n) is 38.0. The summed E-state index contributed by atoms with van der Waals surface area (Å²) >= 11 is 0. The Balaban J connectivity index is 0.959. The van der Waals surface area contributed by atoms with Crippen LogP contribution in [0, 0.1) is 0 Å². The van der Waals surface area contributed by atoms with Crippen LogP contribution >= 0.6 is 21.6 Å². The van der Waals surface area contributed by atoms with Gasteiger partial charge < -0.3 is 29.1 Å². The lowest BCUT2D eigenvalue weighted by molar-refractivity contribution is -0.117. The molecule has 13 nitrogen and oxygen atoms in total. The summed E-state index contributed by atoms with van der Waals surface area (Å²) in [5, 5.41) is 3.11. The Kier molecular flexibility index (Phi) is 13.1. The molecule has 0 bridgehead atoms. The van der Waals surface area contributed by atoms with Gasteiger partial charge in [-0.25, -0.2) is 0 Å². The zero-order chi connectivity index (χ0) is 46.8. The monoisotopic (exact) mass is 937 g/mol. The number of rotatable bonds is 17. The number of anilines is 3. The minimum absolute atomic E-state index is 0.0731. The van der Waals surface area contributed by atoms with Crippen molar-refractivity contribution in [1.82, 2.24) is 0 Å². The maximum absolute atomic E-state index is 14.0. The molecule has 344 valence electrons. The fourth-order valence-electron chi connectivity index (χ4n) is 8.90. The molecule has 0 unspecified atom stereocenters. The summed E-state index contributed by atoms with van der Waals surface area (Å²) in [7, 11) is 6.36. The molecule has 67 heavy (non-hydrogen) atoms. The van der Waals surface area contributed by atoms with Crippen LogP contribution < -0.4 is 34.1 Å². The van der Waals surface area contributed by atoms with E-state index in [1.54, 1.807) is 62.6 Å². The second-order valence-corrected chi connectivity index (χ2v) is 20.7. The fourth-order valence-corrected chi connectivity index (χ4v) is 11.5. The molecule has 0 saturated heterocycles. The zero-order valence-corrected chi connectivity index (χ0v) is 39.6. The van der Waals surface area contributed by atoms with Crippen LogP contribution in [0.2, 0.25) is 0 Å². The number of methoxy groups -OCH3 is 2. The number of hydrogen-bond donors (Lipinski definition) is 1. The summed E-state index contributed by atoms with van der Waals surface area (Å²) in [6, 6.07) is 27.8. The number of carbonyl (C=O) groups is 4. The minimum atomic E-state index is -0.382. The summed E-state index contributed by atoms with van der Waals surface area (Å²) in [5.74, 6) is 2.05. The first-order valence-corrected chi connectivity index (χ1v) is 24.5. The third-order valence-corrected chi connectivity index (χ3v) is 15.4. The number of aliphatic imine (C=N–C) groups is 2. The largest absolute Gasteiger partial charge is 0.493 e. The number of para-hydroxylation sites is 2. The van der Waals surface area contributed by atoms with E-state index in [2.05, 4.69) is 5.32 Å². The molecule has 15 heteroatoms. The molecule has 4 aliphatic rings. The van der Waals surface area contributed by atoms with E-state index in [-0.39, 0.29) is 60.0 Å². The molecule has 1 N–H and O–H groups in total. The molecule has 0 fully saturated rings. The lowest BCUT2D eigenvalue weighted by atomic mass is 10.1. The van der Waals surface area contributed by atoms with Gasteiger partial charge in [-0.1, -0.05) is 58.0 Å². The Morgan fingerprint density at radius 2 is 1.22 bits per heavy atom. The standard InChI is InChI=1S/C52H51N5O8S2/c1-31(58)11-10-16-66-67-52(2,3)26-49(59)55-36-18-32(29-64-47-24-41-39(22-45(47)62-4)50(60)56-37(27-53-41)20-34-12-6-8-14-43(34)56)17-33(19-36)30-65-48-25-42-40(23-46(48)63-5)51(61)57-38(28-54-42)21-35-13-7-9-15-44(35)57/h6-9,12-15,17-19,22-25,27-28,37-38H,10-11,16,20-21,26,29-30H2,1-5H3,(H,55,59)/t37-,38-/m0/s1. The number of nitrogens with one attached hydrogen (secondary N) is 1. The first-order valence-electron chi connectivity index (χ1n) is 22.2. The van der Waals surface area contributed by atoms with E-state index >= 15 is 0 Å². The molecule has 0 aliphatic carbocycles. The van der Waals surface area contributed by atoms with Crippen LogP contribution in [0.25, 0.3) is 0 Å². The van der Waals surface area contributed by atoms with Crippen molar-refractivity contribution in [3.05, 3.63) is 124 Å². The van der Waals surface area contributed by atoms with Crippen molar-refractivity contribution < 1.29 is 38.1 Å². The highest BCUT2D eigenvalue weighted by Gasteiger charge is 2.38. The molecule has 3 amide bonds. The van der Waals surface area contributed by atoms with Crippen LogP contribution in [0.5, 0.6) is 23.0 Å². The molecule has 2 atom stereocenters. The van der Waals surface area contributed by atoms with Crippen LogP contribution in [0.15, 0.2) is 101 Å². The van der Waals surface area contributed by atoms with E-state index < -0.39 is 0 Å². The fraction of sp³-hybridized carbons (Fsp3) is 0.308. The normalized spacial score (nSPS) is 16.5.